The van der Waals surface area contributed by atoms with Gasteiger partial charge >= 0.3 is 0 Å². The largest absolute Gasteiger partial charge is 0.322 e. The van der Waals surface area contributed by atoms with Gasteiger partial charge in [0.05, 0.1) is 5.56 Å². The van der Waals surface area contributed by atoms with E-state index in [-0.39, 0.29) is 11.3 Å². The molecule has 3 aromatic rings. The predicted molar refractivity (Wildman–Crippen MR) is 119 cm³/mol. The standard InChI is InChI=1S/C24H28N4O/c1-6-28(19-11-9-10-17(2)14-19)23-25-15-18(16-26-23)22(29)27-21-13-8-7-12-20(21)24(3,4)5/h7-16H,6H2,1-5H3,(H,27,29). The maximum Gasteiger partial charge on any atom is 0.258 e. The third kappa shape index (κ3) is 4.80. The number of hydrogen-bond donors (Lipinski definition) is 1. The van der Waals surface area contributed by atoms with Crippen LogP contribution in [0.3, 0.4) is 0 Å². The molecule has 1 heterocycles. The Bertz CT molecular complexity index is 990. The summed E-state index contributed by atoms with van der Waals surface area (Å²) in [5, 5.41) is 3.00. The lowest BCUT2D eigenvalue weighted by atomic mass is 9.86. The molecule has 0 aliphatic heterocycles. The van der Waals surface area contributed by atoms with Crippen LogP contribution >= 0.6 is 0 Å². The SMILES string of the molecule is CCN(c1cccc(C)c1)c1ncc(C(=O)Nc2ccccc2C(C)(C)C)cn1. The summed E-state index contributed by atoms with van der Waals surface area (Å²) in [5.74, 6) is 0.358. The monoisotopic (exact) mass is 388 g/mol. The first-order valence-corrected chi connectivity index (χ1v) is 9.86. The van der Waals surface area contributed by atoms with E-state index in [1.807, 2.05) is 41.3 Å². The van der Waals surface area contributed by atoms with Gasteiger partial charge in [0.25, 0.3) is 5.91 Å². The van der Waals surface area contributed by atoms with Crippen molar-refractivity contribution >= 4 is 23.2 Å². The Morgan fingerprint density at radius 2 is 1.72 bits per heavy atom. The van der Waals surface area contributed by atoms with Crippen molar-refractivity contribution in [2.45, 2.75) is 40.0 Å². The average molecular weight is 389 g/mol. The topological polar surface area (TPSA) is 58.1 Å². The fourth-order valence-corrected chi connectivity index (χ4v) is 3.25. The van der Waals surface area contributed by atoms with Gasteiger partial charge in [-0.3, -0.25) is 4.79 Å². The summed E-state index contributed by atoms with van der Waals surface area (Å²) in [6.07, 6.45) is 3.16. The smallest absolute Gasteiger partial charge is 0.258 e. The van der Waals surface area contributed by atoms with Gasteiger partial charge in [-0.2, -0.15) is 0 Å². The zero-order valence-electron chi connectivity index (χ0n) is 17.7. The number of benzene rings is 2. The Kier molecular flexibility index (Phi) is 5.97. The van der Waals surface area contributed by atoms with E-state index in [0.29, 0.717) is 11.5 Å². The Hall–Kier alpha value is -3.21. The molecular weight excluding hydrogens is 360 g/mol. The van der Waals surface area contributed by atoms with Gasteiger partial charge in [-0.25, -0.2) is 9.97 Å². The van der Waals surface area contributed by atoms with Crippen LogP contribution in [0.5, 0.6) is 0 Å². The summed E-state index contributed by atoms with van der Waals surface area (Å²) in [6.45, 7) is 11.2. The maximum absolute atomic E-state index is 12.8. The van der Waals surface area contributed by atoms with Crippen molar-refractivity contribution in [2.24, 2.45) is 0 Å². The molecule has 5 nitrogen and oxygen atoms in total. The molecule has 1 amide bonds. The van der Waals surface area contributed by atoms with Gasteiger partial charge in [0.2, 0.25) is 5.95 Å². The quantitative estimate of drug-likeness (QED) is 0.628. The predicted octanol–water partition coefficient (Wildman–Crippen LogP) is 5.49. The van der Waals surface area contributed by atoms with E-state index in [2.05, 4.69) is 62.0 Å². The van der Waals surface area contributed by atoms with Crippen LogP contribution < -0.4 is 10.2 Å². The Balaban J connectivity index is 1.81. The molecule has 0 atom stereocenters. The van der Waals surface area contributed by atoms with Crippen molar-refractivity contribution in [1.82, 2.24) is 9.97 Å². The van der Waals surface area contributed by atoms with Crippen LogP contribution in [0.25, 0.3) is 0 Å². The van der Waals surface area contributed by atoms with E-state index in [1.54, 1.807) is 12.4 Å². The van der Waals surface area contributed by atoms with Gasteiger partial charge in [-0.05, 0) is 48.6 Å². The molecule has 5 heteroatoms. The zero-order valence-corrected chi connectivity index (χ0v) is 17.7. The number of hydrogen-bond acceptors (Lipinski definition) is 4. The molecule has 0 aliphatic carbocycles. The number of aromatic nitrogens is 2. The second-order valence-electron chi connectivity index (χ2n) is 8.10. The summed E-state index contributed by atoms with van der Waals surface area (Å²) in [5.41, 5.74) is 4.46. The molecule has 150 valence electrons. The van der Waals surface area contributed by atoms with E-state index < -0.39 is 0 Å². The van der Waals surface area contributed by atoms with Crippen molar-refractivity contribution < 1.29 is 4.79 Å². The van der Waals surface area contributed by atoms with Crippen molar-refractivity contribution in [3.63, 3.8) is 0 Å². The molecular formula is C24H28N4O. The molecule has 0 radical (unpaired) electrons. The summed E-state index contributed by atoms with van der Waals surface area (Å²) in [4.78, 5) is 23.7. The van der Waals surface area contributed by atoms with Crippen LogP contribution in [0.4, 0.5) is 17.3 Å². The van der Waals surface area contributed by atoms with Gasteiger partial charge in [-0.1, -0.05) is 51.1 Å². The number of aryl methyl sites for hydroxylation is 1. The molecule has 1 aromatic heterocycles. The normalized spacial score (nSPS) is 11.2. The molecule has 0 aliphatic rings. The molecule has 0 spiro atoms. The number of nitrogens with one attached hydrogen (secondary N) is 1. The number of anilines is 3. The fraction of sp³-hybridized carbons (Fsp3) is 0.292. The first-order valence-electron chi connectivity index (χ1n) is 9.86. The third-order valence-electron chi connectivity index (χ3n) is 4.75. The number of para-hydroxylation sites is 1. The minimum atomic E-state index is -0.216. The van der Waals surface area contributed by atoms with E-state index >= 15 is 0 Å². The van der Waals surface area contributed by atoms with E-state index in [0.717, 1.165) is 23.5 Å². The molecule has 0 unspecified atom stereocenters. The average Bonchev–Trinajstić information content (AvgIpc) is 2.69. The highest BCUT2D eigenvalue weighted by Crippen LogP contribution is 2.29. The Morgan fingerprint density at radius 3 is 2.34 bits per heavy atom. The first-order chi connectivity index (χ1) is 13.8. The van der Waals surface area contributed by atoms with Gasteiger partial charge in [-0.15, -0.1) is 0 Å². The third-order valence-corrected chi connectivity index (χ3v) is 4.75. The Labute approximate surface area is 172 Å². The first kappa shape index (κ1) is 20.5. The molecule has 0 saturated carbocycles. The maximum atomic E-state index is 12.8. The second-order valence-corrected chi connectivity index (χ2v) is 8.10. The van der Waals surface area contributed by atoms with Gasteiger partial charge in [0.15, 0.2) is 0 Å². The number of carbonyl (C=O) groups excluding carboxylic acids is 1. The number of carbonyl (C=O) groups is 1. The Morgan fingerprint density at radius 1 is 1.03 bits per heavy atom. The van der Waals surface area contributed by atoms with Gasteiger partial charge in [0.1, 0.15) is 0 Å². The summed E-state index contributed by atoms with van der Waals surface area (Å²) in [7, 11) is 0. The molecule has 2 aromatic carbocycles. The second kappa shape index (κ2) is 8.43. The molecule has 29 heavy (non-hydrogen) atoms. The number of nitrogens with zero attached hydrogens (tertiary/aromatic N) is 3. The lowest BCUT2D eigenvalue weighted by molar-refractivity contribution is 0.102. The highest BCUT2D eigenvalue weighted by Gasteiger charge is 2.19. The minimum Gasteiger partial charge on any atom is -0.322 e. The number of amides is 1. The molecule has 0 saturated heterocycles. The fourth-order valence-electron chi connectivity index (χ4n) is 3.25. The van der Waals surface area contributed by atoms with Crippen LogP contribution in [0.1, 0.15) is 49.2 Å². The minimum absolute atomic E-state index is 0.0698. The van der Waals surface area contributed by atoms with Crippen molar-refractivity contribution in [2.75, 3.05) is 16.8 Å². The van der Waals surface area contributed by atoms with Crippen LogP contribution in [0.2, 0.25) is 0 Å². The number of rotatable bonds is 5. The molecule has 0 fully saturated rings. The van der Waals surface area contributed by atoms with Crippen molar-refractivity contribution in [1.29, 1.82) is 0 Å². The van der Waals surface area contributed by atoms with E-state index in [1.165, 1.54) is 5.56 Å². The molecule has 0 bridgehead atoms. The lowest BCUT2D eigenvalue weighted by Gasteiger charge is -2.23. The van der Waals surface area contributed by atoms with Crippen molar-refractivity contribution in [3.8, 4) is 0 Å². The lowest BCUT2D eigenvalue weighted by Crippen LogP contribution is -2.21. The molecule has 3 rings (SSSR count). The zero-order chi connectivity index (χ0) is 21.0. The highest BCUT2D eigenvalue weighted by atomic mass is 16.1. The summed E-state index contributed by atoms with van der Waals surface area (Å²) >= 11 is 0. The van der Waals surface area contributed by atoms with Gasteiger partial charge in [0, 0.05) is 30.3 Å². The van der Waals surface area contributed by atoms with Crippen LogP contribution in [0.15, 0.2) is 60.9 Å². The van der Waals surface area contributed by atoms with Crippen molar-refractivity contribution in [3.05, 3.63) is 77.6 Å². The van der Waals surface area contributed by atoms with E-state index in [9.17, 15) is 4.79 Å². The summed E-state index contributed by atoms with van der Waals surface area (Å²) < 4.78 is 0. The highest BCUT2D eigenvalue weighted by molar-refractivity contribution is 6.04. The van der Waals surface area contributed by atoms with E-state index in [4.69, 9.17) is 0 Å². The summed E-state index contributed by atoms with van der Waals surface area (Å²) in [6, 6.07) is 16.1. The van der Waals surface area contributed by atoms with Crippen LogP contribution in [0, 0.1) is 6.92 Å². The van der Waals surface area contributed by atoms with Crippen LogP contribution in [-0.4, -0.2) is 22.4 Å². The van der Waals surface area contributed by atoms with Gasteiger partial charge < -0.3 is 10.2 Å². The molecule has 1 N–H and O–H groups in total. The van der Waals surface area contributed by atoms with Crippen LogP contribution in [-0.2, 0) is 5.41 Å².